The summed E-state index contributed by atoms with van der Waals surface area (Å²) >= 11 is 1.56. The van der Waals surface area contributed by atoms with Crippen molar-refractivity contribution in [1.82, 2.24) is 14.5 Å². The number of ether oxygens (including phenoxy) is 1. The van der Waals surface area contributed by atoms with E-state index in [1.54, 1.807) is 11.3 Å². The highest BCUT2D eigenvalue weighted by Gasteiger charge is 2.44. The Labute approximate surface area is 162 Å². The molecule has 4 heterocycles. The van der Waals surface area contributed by atoms with Crippen LogP contribution >= 0.6 is 11.3 Å². The molecule has 1 amide bonds. The standard InChI is InChI=1S/C21H21N3O2S/c1-15-7-8-18(27-15)20(25)23-10-9-21(13-23)14-24-17(11-22-19(24)12-26-21)16-5-3-2-4-6-16/h2-8,11H,9-10,12-14H2,1H3. The number of imidazole rings is 1. The summed E-state index contributed by atoms with van der Waals surface area (Å²) in [5, 5.41) is 0. The zero-order valence-corrected chi connectivity index (χ0v) is 16.0. The second kappa shape index (κ2) is 6.32. The normalized spacial score (nSPS) is 21.6. The summed E-state index contributed by atoms with van der Waals surface area (Å²) in [7, 11) is 0. The van der Waals surface area contributed by atoms with Crippen molar-refractivity contribution in [2.45, 2.75) is 32.1 Å². The minimum atomic E-state index is -0.320. The maximum Gasteiger partial charge on any atom is 0.264 e. The fourth-order valence-corrected chi connectivity index (χ4v) is 4.90. The van der Waals surface area contributed by atoms with E-state index in [0.29, 0.717) is 13.2 Å². The number of benzene rings is 1. The summed E-state index contributed by atoms with van der Waals surface area (Å²) in [6, 6.07) is 14.3. The van der Waals surface area contributed by atoms with Crippen molar-refractivity contribution >= 4 is 17.2 Å². The van der Waals surface area contributed by atoms with E-state index in [0.717, 1.165) is 46.3 Å². The Morgan fingerprint density at radius 1 is 1.19 bits per heavy atom. The first-order chi connectivity index (χ1) is 13.1. The first-order valence-corrected chi connectivity index (χ1v) is 10.0. The third kappa shape index (κ3) is 2.89. The molecule has 0 N–H and O–H groups in total. The van der Waals surface area contributed by atoms with E-state index < -0.39 is 0 Å². The van der Waals surface area contributed by atoms with Crippen molar-refractivity contribution in [3.8, 4) is 11.3 Å². The molecular weight excluding hydrogens is 358 g/mol. The molecule has 2 aromatic heterocycles. The Bertz CT molecular complexity index is 994. The number of amides is 1. The Kier molecular flexibility index (Phi) is 3.91. The minimum Gasteiger partial charge on any atom is -0.363 e. The second-order valence-electron chi connectivity index (χ2n) is 7.37. The Hall–Kier alpha value is -2.44. The number of thiophene rings is 1. The lowest BCUT2D eigenvalue weighted by molar-refractivity contribution is -0.0804. The van der Waals surface area contributed by atoms with Crippen molar-refractivity contribution in [3.63, 3.8) is 0 Å². The number of carbonyl (C=O) groups excluding carboxylic acids is 1. The van der Waals surface area contributed by atoms with E-state index in [2.05, 4.69) is 21.7 Å². The van der Waals surface area contributed by atoms with Gasteiger partial charge in [0.25, 0.3) is 5.91 Å². The molecule has 0 saturated carbocycles. The molecular formula is C21H21N3O2S. The molecule has 5 rings (SSSR count). The van der Waals surface area contributed by atoms with E-state index in [1.807, 2.05) is 48.4 Å². The maximum absolute atomic E-state index is 12.8. The monoisotopic (exact) mass is 379 g/mol. The third-order valence-corrected chi connectivity index (χ3v) is 6.50. The number of hydrogen-bond acceptors (Lipinski definition) is 4. The molecule has 1 fully saturated rings. The summed E-state index contributed by atoms with van der Waals surface area (Å²) < 4.78 is 8.52. The predicted octanol–water partition coefficient (Wildman–Crippen LogP) is 3.74. The highest BCUT2D eigenvalue weighted by Crippen LogP contribution is 2.36. The van der Waals surface area contributed by atoms with Crippen LogP contribution in [0.3, 0.4) is 0 Å². The van der Waals surface area contributed by atoms with Crippen LogP contribution in [0.15, 0.2) is 48.7 Å². The fraction of sp³-hybridized carbons (Fsp3) is 0.333. The molecule has 6 heteroatoms. The molecule has 1 saturated heterocycles. The first kappa shape index (κ1) is 16.7. The summed E-state index contributed by atoms with van der Waals surface area (Å²) in [6.07, 6.45) is 2.79. The Morgan fingerprint density at radius 3 is 2.81 bits per heavy atom. The molecule has 0 aliphatic carbocycles. The van der Waals surface area contributed by atoms with Gasteiger partial charge in [0, 0.05) is 11.4 Å². The minimum absolute atomic E-state index is 0.119. The quantitative estimate of drug-likeness (QED) is 0.682. The molecule has 0 radical (unpaired) electrons. The lowest BCUT2D eigenvalue weighted by atomic mass is 10.0. The van der Waals surface area contributed by atoms with Crippen molar-refractivity contribution < 1.29 is 9.53 Å². The number of carbonyl (C=O) groups is 1. The number of fused-ring (bicyclic) bond motifs is 1. The number of aromatic nitrogens is 2. The van der Waals surface area contributed by atoms with Gasteiger partial charge >= 0.3 is 0 Å². The van der Waals surface area contributed by atoms with Crippen LogP contribution in [0.1, 0.15) is 26.8 Å². The van der Waals surface area contributed by atoms with Gasteiger partial charge in [0.15, 0.2) is 0 Å². The number of nitrogens with zero attached hydrogens (tertiary/aromatic N) is 3. The second-order valence-corrected chi connectivity index (χ2v) is 8.66. The van der Waals surface area contributed by atoms with Crippen LogP contribution in [0.25, 0.3) is 11.3 Å². The molecule has 5 nitrogen and oxygen atoms in total. The Balaban J connectivity index is 1.39. The molecule has 1 aromatic carbocycles. The molecule has 27 heavy (non-hydrogen) atoms. The van der Waals surface area contributed by atoms with E-state index in [4.69, 9.17) is 4.74 Å². The predicted molar refractivity (Wildman–Crippen MR) is 105 cm³/mol. The number of hydrogen-bond donors (Lipinski definition) is 0. The molecule has 2 aliphatic heterocycles. The first-order valence-electron chi connectivity index (χ1n) is 9.23. The van der Waals surface area contributed by atoms with E-state index >= 15 is 0 Å². The molecule has 138 valence electrons. The van der Waals surface area contributed by atoms with Gasteiger partial charge in [0.05, 0.1) is 29.9 Å². The van der Waals surface area contributed by atoms with Crippen LogP contribution in [-0.2, 0) is 17.9 Å². The molecule has 3 aromatic rings. The van der Waals surface area contributed by atoms with Gasteiger partial charge in [-0.15, -0.1) is 11.3 Å². The number of aryl methyl sites for hydroxylation is 1. The van der Waals surface area contributed by atoms with Gasteiger partial charge in [-0.3, -0.25) is 4.79 Å². The number of rotatable bonds is 2. The molecule has 1 unspecified atom stereocenters. The topological polar surface area (TPSA) is 47.4 Å². The number of likely N-dealkylation sites (tertiary alicyclic amines) is 1. The van der Waals surface area contributed by atoms with Crippen molar-refractivity contribution in [1.29, 1.82) is 0 Å². The van der Waals surface area contributed by atoms with Gasteiger partial charge in [-0.25, -0.2) is 4.98 Å². The van der Waals surface area contributed by atoms with Gasteiger partial charge < -0.3 is 14.2 Å². The average Bonchev–Trinajstić information content (AvgIpc) is 3.41. The SMILES string of the molecule is Cc1ccc(C(=O)N2CCC3(C2)Cn2c(-c4ccccc4)cnc2CO3)s1. The molecule has 1 atom stereocenters. The van der Waals surface area contributed by atoms with Gasteiger partial charge in [-0.1, -0.05) is 30.3 Å². The van der Waals surface area contributed by atoms with Crippen LogP contribution in [0.4, 0.5) is 0 Å². The van der Waals surface area contributed by atoms with Gasteiger partial charge in [-0.2, -0.15) is 0 Å². The van der Waals surface area contributed by atoms with Crippen molar-refractivity contribution in [2.24, 2.45) is 0 Å². The summed E-state index contributed by atoms with van der Waals surface area (Å²) in [5.74, 6) is 1.08. The lowest BCUT2D eigenvalue weighted by Crippen LogP contribution is -2.45. The smallest absolute Gasteiger partial charge is 0.264 e. The van der Waals surface area contributed by atoms with Crippen molar-refractivity contribution in [3.05, 3.63) is 64.2 Å². The van der Waals surface area contributed by atoms with Gasteiger partial charge in [0.2, 0.25) is 0 Å². The van der Waals surface area contributed by atoms with Gasteiger partial charge in [-0.05, 0) is 31.0 Å². The fourth-order valence-electron chi connectivity index (χ4n) is 4.07. The van der Waals surface area contributed by atoms with Crippen LogP contribution in [-0.4, -0.2) is 39.0 Å². The highest BCUT2D eigenvalue weighted by molar-refractivity contribution is 7.13. The maximum atomic E-state index is 12.8. The molecule has 1 spiro atoms. The summed E-state index contributed by atoms with van der Waals surface area (Å²) in [5.41, 5.74) is 1.96. The van der Waals surface area contributed by atoms with Crippen LogP contribution < -0.4 is 0 Å². The van der Waals surface area contributed by atoms with Crippen LogP contribution in [0.2, 0.25) is 0 Å². The van der Waals surface area contributed by atoms with Crippen LogP contribution in [0, 0.1) is 6.92 Å². The molecule has 2 aliphatic rings. The zero-order chi connectivity index (χ0) is 18.4. The third-order valence-electron chi connectivity index (χ3n) is 5.52. The zero-order valence-electron chi connectivity index (χ0n) is 15.2. The van der Waals surface area contributed by atoms with Crippen LogP contribution in [0.5, 0.6) is 0 Å². The van der Waals surface area contributed by atoms with E-state index in [9.17, 15) is 4.79 Å². The Morgan fingerprint density at radius 2 is 2.04 bits per heavy atom. The van der Waals surface area contributed by atoms with Gasteiger partial charge in [0.1, 0.15) is 18.0 Å². The molecule has 0 bridgehead atoms. The van der Waals surface area contributed by atoms with Crippen molar-refractivity contribution in [2.75, 3.05) is 13.1 Å². The largest absolute Gasteiger partial charge is 0.363 e. The average molecular weight is 379 g/mol. The van der Waals surface area contributed by atoms with E-state index in [1.165, 1.54) is 0 Å². The summed E-state index contributed by atoms with van der Waals surface area (Å²) in [6.45, 7) is 4.63. The van der Waals surface area contributed by atoms with E-state index in [-0.39, 0.29) is 11.5 Å². The lowest BCUT2D eigenvalue weighted by Gasteiger charge is -2.35. The summed E-state index contributed by atoms with van der Waals surface area (Å²) in [4.78, 5) is 21.3. The highest BCUT2D eigenvalue weighted by atomic mass is 32.1.